The predicted octanol–water partition coefficient (Wildman–Crippen LogP) is 2.82. The second-order valence-electron chi connectivity index (χ2n) is 4.11. The Kier molecular flexibility index (Phi) is 5.37. The van der Waals surface area contributed by atoms with Crippen LogP contribution in [-0.2, 0) is 4.79 Å². The van der Waals surface area contributed by atoms with Gasteiger partial charge in [-0.2, -0.15) is 0 Å². The molecule has 2 N–H and O–H groups in total. The van der Waals surface area contributed by atoms with Gasteiger partial charge in [-0.05, 0) is 31.5 Å². The number of hydrogen-bond acceptors (Lipinski definition) is 6. The zero-order chi connectivity index (χ0) is 14.4. The minimum atomic E-state index is 0.0147. The van der Waals surface area contributed by atoms with Crippen LogP contribution in [-0.4, -0.2) is 28.4 Å². The molecule has 20 heavy (non-hydrogen) atoms. The van der Waals surface area contributed by atoms with Crippen LogP contribution in [0.3, 0.4) is 0 Å². The van der Waals surface area contributed by atoms with Gasteiger partial charge in [0.1, 0.15) is 0 Å². The third kappa shape index (κ3) is 4.50. The lowest BCUT2D eigenvalue weighted by molar-refractivity contribution is -0.118. The molecule has 1 aromatic carbocycles. The van der Waals surface area contributed by atoms with Crippen molar-refractivity contribution in [2.45, 2.75) is 18.2 Å². The number of nitrogens with zero attached hydrogens (tertiary/aromatic N) is 2. The molecule has 0 saturated carbocycles. The summed E-state index contributed by atoms with van der Waals surface area (Å²) in [5.41, 5.74) is 2.17. The molecule has 2 aromatic rings. The van der Waals surface area contributed by atoms with Gasteiger partial charge in [0.2, 0.25) is 11.0 Å². The summed E-state index contributed by atoms with van der Waals surface area (Å²) in [6, 6.07) is 8.06. The first-order valence-electron chi connectivity index (χ1n) is 6.24. The molecule has 0 aliphatic heterocycles. The maximum absolute atomic E-state index is 11.4. The second kappa shape index (κ2) is 7.25. The molecule has 0 aliphatic carbocycles. The van der Waals surface area contributed by atoms with E-state index in [0.29, 0.717) is 12.3 Å². The lowest BCUT2D eigenvalue weighted by Crippen LogP contribution is -2.24. The number of amides is 1. The summed E-state index contributed by atoms with van der Waals surface area (Å²) in [7, 11) is 0. The fourth-order valence-electron chi connectivity index (χ4n) is 1.54. The van der Waals surface area contributed by atoms with E-state index in [1.165, 1.54) is 28.7 Å². The molecular formula is C13H16N4OS2. The molecule has 1 aromatic heterocycles. The number of aromatic nitrogens is 2. The average molecular weight is 308 g/mol. The van der Waals surface area contributed by atoms with Crippen LogP contribution in [0.4, 0.5) is 10.8 Å². The first kappa shape index (κ1) is 14.8. The van der Waals surface area contributed by atoms with Crippen molar-refractivity contribution in [1.82, 2.24) is 15.5 Å². The molecular weight excluding hydrogens is 292 g/mol. The Bertz CT molecular complexity index is 585. The van der Waals surface area contributed by atoms with Gasteiger partial charge < -0.3 is 10.6 Å². The number of benzene rings is 1. The third-order valence-corrected chi connectivity index (χ3v) is 4.35. The first-order valence-corrected chi connectivity index (χ1v) is 8.04. The van der Waals surface area contributed by atoms with Gasteiger partial charge in [0.05, 0.1) is 5.75 Å². The number of hydrogen-bond donors (Lipinski definition) is 2. The van der Waals surface area contributed by atoms with Crippen LogP contribution in [0.15, 0.2) is 28.6 Å². The van der Waals surface area contributed by atoms with E-state index < -0.39 is 0 Å². The maximum atomic E-state index is 11.4. The molecule has 0 spiro atoms. The Morgan fingerprint density at radius 1 is 1.40 bits per heavy atom. The molecule has 0 saturated heterocycles. The maximum Gasteiger partial charge on any atom is 0.230 e. The fraction of sp³-hybridized carbons (Fsp3) is 0.308. The monoisotopic (exact) mass is 308 g/mol. The largest absolute Gasteiger partial charge is 0.356 e. The van der Waals surface area contributed by atoms with Gasteiger partial charge in [-0.3, -0.25) is 4.79 Å². The van der Waals surface area contributed by atoms with Gasteiger partial charge in [0.25, 0.3) is 0 Å². The van der Waals surface area contributed by atoms with Crippen molar-refractivity contribution in [1.29, 1.82) is 0 Å². The Morgan fingerprint density at radius 3 is 3.00 bits per heavy atom. The second-order valence-corrected chi connectivity index (χ2v) is 6.31. The Labute approximate surface area is 126 Å². The van der Waals surface area contributed by atoms with Gasteiger partial charge in [0.15, 0.2) is 4.34 Å². The van der Waals surface area contributed by atoms with E-state index in [1.807, 2.05) is 38.1 Å². The molecule has 5 nitrogen and oxygen atoms in total. The molecule has 0 atom stereocenters. The molecule has 1 amide bonds. The minimum absolute atomic E-state index is 0.0147. The van der Waals surface area contributed by atoms with Gasteiger partial charge in [-0.25, -0.2) is 0 Å². The van der Waals surface area contributed by atoms with Crippen LogP contribution in [0, 0.1) is 6.92 Å². The summed E-state index contributed by atoms with van der Waals surface area (Å²) in [5.74, 6) is 0.383. The smallest absolute Gasteiger partial charge is 0.230 e. The van der Waals surface area contributed by atoms with Gasteiger partial charge in [-0.15, -0.1) is 10.2 Å². The highest BCUT2D eigenvalue weighted by Gasteiger charge is 2.07. The minimum Gasteiger partial charge on any atom is -0.356 e. The number of aryl methyl sites for hydroxylation is 1. The lowest BCUT2D eigenvalue weighted by Gasteiger charge is -2.02. The van der Waals surface area contributed by atoms with Crippen LogP contribution >= 0.6 is 23.1 Å². The molecule has 106 valence electrons. The number of thioether (sulfide) groups is 1. The highest BCUT2D eigenvalue weighted by atomic mass is 32.2. The number of anilines is 2. The molecule has 0 fully saturated rings. The Hall–Kier alpha value is -1.60. The Morgan fingerprint density at radius 2 is 2.25 bits per heavy atom. The van der Waals surface area contributed by atoms with E-state index in [9.17, 15) is 4.79 Å². The van der Waals surface area contributed by atoms with E-state index in [0.717, 1.165) is 15.2 Å². The summed E-state index contributed by atoms with van der Waals surface area (Å²) in [5, 5.41) is 14.8. The summed E-state index contributed by atoms with van der Waals surface area (Å²) in [6.45, 7) is 4.59. The SMILES string of the molecule is CCNC(=O)CSc1nnc(Nc2cccc(C)c2)s1. The number of rotatable bonds is 6. The van der Waals surface area contributed by atoms with Crippen LogP contribution in [0.5, 0.6) is 0 Å². The van der Waals surface area contributed by atoms with Crippen molar-refractivity contribution in [3.05, 3.63) is 29.8 Å². The molecule has 2 rings (SSSR count). The number of nitrogens with one attached hydrogen (secondary N) is 2. The van der Waals surface area contributed by atoms with Crippen molar-refractivity contribution < 1.29 is 4.79 Å². The summed E-state index contributed by atoms with van der Waals surface area (Å²) in [6.07, 6.45) is 0. The van der Waals surface area contributed by atoms with Crippen LogP contribution < -0.4 is 10.6 Å². The van der Waals surface area contributed by atoms with Crippen molar-refractivity contribution >= 4 is 39.8 Å². The lowest BCUT2D eigenvalue weighted by atomic mass is 10.2. The van der Waals surface area contributed by atoms with Crippen LogP contribution in [0.25, 0.3) is 0 Å². The Balaban J connectivity index is 1.90. The van der Waals surface area contributed by atoms with Gasteiger partial charge in [0, 0.05) is 12.2 Å². The van der Waals surface area contributed by atoms with E-state index in [1.54, 1.807) is 0 Å². The molecule has 1 heterocycles. The van der Waals surface area contributed by atoms with Crippen molar-refractivity contribution in [2.75, 3.05) is 17.6 Å². The summed E-state index contributed by atoms with van der Waals surface area (Å²) >= 11 is 2.84. The predicted molar refractivity (Wildman–Crippen MR) is 83.8 cm³/mol. The van der Waals surface area contributed by atoms with Gasteiger partial charge >= 0.3 is 0 Å². The molecule has 0 radical (unpaired) electrons. The van der Waals surface area contributed by atoms with E-state index >= 15 is 0 Å². The zero-order valence-electron chi connectivity index (χ0n) is 11.3. The van der Waals surface area contributed by atoms with E-state index in [4.69, 9.17) is 0 Å². The third-order valence-electron chi connectivity index (χ3n) is 2.38. The topological polar surface area (TPSA) is 66.9 Å². The summed E-state index contributed by atoms with van der Waals surface area (Å²) in [4.78, 5) is 11.4. The summed E-state index contributed by atoms with van der Waals surface area (Å²) < 4.78 is 0.784. The first-order chi connectivity index (χ1) is 9.67. The fourth-order valence-corrected chi connectivity index (χ4v) is 3.14. The van der Waals surface area contributed by atoms with Crippen molar-refractivity contribution in [3.8, 4) is 0 Å². The zero-order valence-corrected chi connectivity index (χ0v) is 13.0. The quantitative estimate of drug-likeness (QED) is 0.803. The number of carbonyl (C=O) groups is 1. The molecule has 0 unspecified atom stereocenters. The van der Waals surface area contributed by atoms with Crippen molar-refractivity contribution in [3.63, 3.8) is 0 Å². The normalized spacial score (nSPS) is 10.3. The van der Waals surface area contributed by atoms with Crippen LogP contribution in [0.1, 0.15) is 12.5 Å². The molecule has 0 bridgehead atoms. The molecule has 0 aliphatic rings. The highest BCUT2D eigenvalue weighted by molar-refractivity contribution is 8.01. The van der Waals surface area contributed by atoms with Crippen LogP contribution in [0.2, 0.25) is 0 Å². The van der Waals surface area contributed by atoms with E-state index in [2.05, 4.69) is 20.8 Å². The highest BCUT2D eigenvalue weighted by Crippen LogP contribution is 2.27. The standard InChI is InChI=1S/C13H16N4OS2/c1-3-14-11(18)8-19-13-17-16-12(20-13)15-10-6-4-5-9(2)7-10/h4-7H,3,8H2,1-2H3,(H,14,18)(H,15,16). The van der Waals surface area contributed by atoms with Gasteiger partial charge in [-0.1, -0.05) is 35.2 Å². The number of carbonyl (C=O) groups excluding carboxylic acids is 1. The van der Waals surface area contributed by atoms with Crippen molar-refractivity contribution in [2.24, 2.45) is 0 Å². The molecule has 7 heteroatoms. The van der Waals surface area contributed by atoms with E-state index in [-0.39, 0.29) is 5.91 Å². The average Bonchev–Trinajstić information content (AvgIpc) is 2.84.